The molecule has 1 saturated heterocycles. The van der Waals surface area contributed by atoms with E-state index in [2.05, 4.69) is 52.6 Å². The number of pyridine rings is 1. The molecule has 1 aliphatic carbocycles. The summed E-state index contributed by atoms with van der Waals surface area (Å²) >= 11 is 3.53. The van der Waals surface area contributed by atoms with Crippen molar-refractivity contribution in [1.82, 2.24) is 15.6 Å². The number of nitrogens with zero attached hydrogens (tertiary/aromatic N) is 1. The summed E-state index contributed by atoms with van der Waals surface area (Å²) in [6.07, 6.45) is 9.45. The largest absolute Gasteiger partial charge is 0.494 e. The Hall–Kier alpha value is -1.83. The van der Waals surface area contributed by atoms with Crippen molar-refractivity contribution in [2.75, 3.05) is 31.8 Å². The molecular formula is C25H37FN4OS. The molecule has 3 N–H and O–H groups in total. The highest BCUT2D eigenvalue weighted by Gasteiger charge is 2.27. The molecule has 2 heterocycles. The first-order valence-electron chi connectivity index (χ1n) is 11.6. The number of piperidine rings is 1. The number of thiol groups is 1. The van der Waals surface area contributed by atoms with Crippen molar-refractivity contribution in [3.63, 3.8) is 0 Å². The fourth-order valence-electron chi connectivity index (χ4n) is 4.74. The van der Waals surface area contributed by atoms with Gasteiger partial charge in [-0.15, -0.1) is 0 Å². The zero-order chi connectivity index (χ0) is 22.9. The van der Waals surface area contributed by atoms with Gasteiger partial charge in [-0.1, -0.05) is 12.1 Å². The van der Waals surface area contributed by atoms with Gasteiger partial charge < -0.3 is 20.7 Å². The van der Waals surface area contributed by atoms with E-state index in [4.69, 9.17) is 4.74 Å². The van der Waals surface area contributed by atoms with Crippen LogP contribution in [0.2, 0.25) is 0 Å². The van der Waals surface area contributed by atoms with Gasteiger partial charge in [0.05, 0.1) is 7.11 Å². The first-order valence-corrected chi connectivity index (χ1v) is 12.5. The zero-order valence-corrected chi connectivity index (χ0v) is 20.3. The van der Waals surface area contributed by atoms with Crippen LogP contribution in [-0.2, 0) is 0 Å². The lowest BCUT2D eigenvalue weighted by atomic mass is 9.99. The van der Waals surface area contributed by atoms with E-state index < -0.39 is 0 Å². The van der Waals surface area contributed by atoms with Crippen molar-refractivity contribution >= 4 is 18.4 Å². The predicted molar refractivity (Wildman–Crippen MR) is 134 cm³/mol. The molecule has 7 heteroatoms. The van der Waals surface area contributed by atoms with Crippen molar-refractivity contribution in [2.45, 2.75) is 63.1 Å². The van der Waals surface area contributed by atoms with Crippen LogP contribution in [0.3, 0.4) is 0 Å². The lowest BCUT2D eigenvalue weighted by molar-refractivity contribution is 0.384. The van der Waals surface area contributed by atoms with Crippen LogP contribution in [0.5, 0.6) is 5.75 Å². The summed E-state index contributed by atoms with van der Waals surface area (Å²) in [6, 6.07) is 10.6. The van der Waals surface area contributed by atoms with Gasteiger partial charge in [-0.05, 0) is 93.6 Å². The van der Waals surface area contributed by atoms with Crippen molar-refractivity contribution < 1.29 is 9.13 Å². The highest BCUT2D eigenvalue weighted by atomic mass is 32.1. The van der Waals surface area contributed by atoms with Crippen LogP contribution in [0.1, 0.15) is 62.1 Å². The van der Waals surface area contributed by atoms with E-state index >= 15 is 0 Å². The number of nitrogens with one attached hydrogen (secondary N) is 3. The van der Waals surface area contributed by atoms with Gasteiger partial charge in [0.25, 0.3) is 0 Å². The summed E-state index contributed by atoms with van der Waals surface area (Å²) in [7, 11) is 1.50. The highest BCUT2D eigenvalue weighted by Crippen LogP contribution is 2.35. The average Bonchev–Trinajstić information content (AvgIpc) is 3.30. The maximum atomic E-state index is 13.7. The number of methoxy groups -OCH3 is 1. The number of rotatable bonds is 7. The van der Waals surface area contributed by atoms with Crippen molar-refractivity contribution in [1.29, 1.82) is 0 Å². The Morgan fingerprint density at radius 3 is 2.56 bits per heavy atom. The van der Waals surface area contributed by atoms with E-state index in [0.717, 1.165) is 50.2 Å². The Labute approximate surface area is 197 Å². The van der Waals surface area contributed by atoms with Crippen LogP contribution in [0.15, 0.2) is 36.5 Å². The molecule has 2 fully saturated rings. The molecular weight excluding hydrogens is 423 g/mol. The monoisotopic (exact) mass is 460 g/mol. The molecule has 3 atom stereocenters. The maximum Gasteiger partial charge on any atom is 0.165 e. The fourth-order valence-corrected chi connectivity index (χ4v) is 4.74. The molecule has 4 rings (SSSR count). The van der Waals surface area contributed by atoms with Gasteiger partial charge in [0.2, 0.25) is 0 Å². The Morgan fingerprint density at radius 1 is 1.09 bits per heavy atom. The van der Waals surface area contributed by atoms with Crippen molar-refractivity contribution in [3.05, 3.63) is 53.5 Å². The van der Waals surface area contributed by atoms with Crippen molar-refractivity contribution in [3.8, 4) is 5.75 Å². The molecule has 0 spiro atoms. The summed E-state index contributed by atoms with van der Waals surface area (Å²) in [5.41, 5.74) is 2.37. The predicted octanol–water partition coefficient (Wildman–Crippen LogP) is 4.93. The minimum atomic E-state index is -0.319. The summed E-state index contributed by atoms with van der Waals surface area (Å²) in [5.74, 6) is 1.50. The number of hydrogen-bond acceptors (Lipinski definition) is 6. The molecule has 1 saturated carbocycles. The second kappa shape index (κ2) is 12.4. The number of hydrogen-bond donors (Lipinski definition) is 4. The zero-order valence-electron chi connectivity index (χ0n) is 19.4. The SMILES string of the molecule is COc1cc([C@@H](C)N[C@H]2CC[C@@H](c3ccc(NC4CCNCC4)nc3)C2)ccc1F.CS. The third-order valence-electron chi connectivity index (χ3n) is 6.54. The van der Waals surface area contributed by atoms with E-state index in [1.54, 1.807) is 12.3 Å². The highest BCUT2D eigenvalue weighted by molar-refractivity contribution is 7.79. The van der Waals surface area contributed by atoms with Gasteiger partial charge in [-0.3, -0.25) is 0 Å². The molecule has 1 aliphatic heterocycles. The first kappa shape index (κ1) is 24.8. The third kappa shape index (κ3) is 6.59. The summed E-state index contributed by atoms with van der Waals surface area (Å²) in [4.78, 5) is 4.68. The number of aromatic nitrogens is 1. The van der Waals surface area contributed by atoms with Crippen LogP contribution in [0.25, 0.3) is 0 Å². The topological polar surface area (TPSA) is 58.2 Å². The lowest BCUT2D eigenvalue weighted by Gasteiger charge is -2.24. The fraction of sp³-hybridized carbons (Fsp3) is 0.560. The third-order valence-corrected chi connectivity index (χ3v) is 6.54. The lowest BCUT2D eigenvalue weighted by Crippen LogP contribution is -2.35. The van der Waals surface area contributed by atoms with Gasteiger partial charge in [0, 0.05) is 24.3 Å². The number of benzene rings is 1. The minimum Gasteiger partial charge on any atom is -0.494 e. The van der Waals surface area contributed by atoms with Crippen LogP contribution in [-0.4, -0.2) is 43.5 Å². The molecule has 0 bridgehead atoms. The van der Waals surface area contributed by atoms with Gasteiger partial charge in [-0.25, -0.2) is 9.37 Å². The van der Waals surface area contributed by atoms with Crippen molar-refractivity contribution in [2.24, 2.45) is 0 Å². The van der Waals surface area contributed by atoms with Gasteiger partial charge in [0.15, 0.2) is 11.6 Å². The molecule has 32 heavy (non-hydrogen) atoms. The van der Waals surface area contributed by atoms with Gasteiger partial charge in [0.1, 0.15) is 5.82 Å². The smallest absolute Gasteiger partial charge is 0.165 e. The molecule has 5 nitrogen and oxygen atoms in total. The Bertz CT molecular complexity index is 829. The molecule has 176 valence electrons. The summed E-state index contributed by atoms with van der Waals surface area (Å²) in [6.45, 7) is 4.29. The van der Waals surface area contributed by atoms with Crippen LogP contribution in [0.4, 0.5) is 10.2 Å². The Kier molecular flexibility index (Phi) is 9.63. The van der Waals surface area contributed by atoms with Crippen LogP contribution >= 0.6 is 12.6 Å². The van der Waals surface area contributed by atoms with E-state index in [1.807, 2.05) is 12.3 Å². The first-order chi connectivity index (χ1) is 15.6. The number of ether oxygens (including phenoxy) is 1. The Balaban J connectivity index is 0.00000141. The summed E-state index contributed by atoms with van der Waals surface area (Å²) in [5, 5.41) is 10.7. The molecule has 0 amide bonds. The van der Waals surface area contributed by atoms with Crippen LogP contribution in [0, 0.1) is 5.82 Å². The normalized spacial score (nSPS) is 22.0. The Morgan fingerprint density at radius 2 is 1.88 bits per heavy atom. The second-order valence-corrected chi connectivity index (χ2v) is 8.63. The van der Waals surface area contributed by atoms with E-state index in [0.29, 0.717) is 23.8 Å². The van der Waals surface area contributed by atoms with E-state index in [9.17, 15) is 4.39 Å². The second-order valence-electron chi connectivity index (χ2n) is 8.63. The molecule has 2 aliphatic rings. The quantitative estimate of drug-likeness (QED) is 0.442. The summed E-state index contributed by atoms with van der Waals surface area (Å²) < 4.78 is 18.8. The molecule has 0 unspecified atom stereocenters. The minimum absolute atomic E-state index is 0.151. The average molecular weight is 461 g/mol. The molecule has 0 radical (unpaired) electrons. The van der Waals surface area contributed by atoms with Gasteiger partial charge in [-0.2, -0.15) is 12.6 Å². The van der Waals surface area contributed by atoms with Gasteiger partial charge >= 0.3 is 0 Å². The molecule has 2 aromatic rings. The van der Waals surface area contributed by atoms with Crippen LogP contribution < -0.4 is 20.7 Å². The van der Waals surface area contributed by atoms with E-state index in [-0.39, 0.29) is 11.9 Å². The van der Waals surface area contributed by atoms with E-state index in [1.165, 1.54) is 25.2 Å². The maximum absolute atomic E-state index is 13.7. The molecule has 1 aromatic heterocycles. The number of anilines is 1. The standard InChI is InChI=1S/C24H33FN4O.CH4S/c1-16(17-4-7-22(25)23(14-17)30-2)28-21-6-3-18(13-21)19-5-8-24(27-15-19)29-20-9-11-26-12-10-20;1-2/h4-5,7-8,14-16,18,20-21,26,28H,3,6,9-13H2,1-2H3,(H,27,29);2H,1H3/t16-,18-,21+;/m1./s1. The molecule has 1 aromatic carbocycles. The number of halogens is 1.